The van der Waals surface area contributed by atoms with Crippen LogP contribution in [0.4, 0.5) is 0 Å². The molecule has 2 N–H and O–H groups in total. The van der Waals surface area contributed by atoms with Crippen LogP contribution in [0.2, 0.25) is 0 Å². The van der Waals surface area contributed by atoms with Crippen LogP contribution >= 0.6 is 12.4 Å². The van der Waals surface area contributed by atoms with Gasteiger partial charge in [-0.1, -0.05) is 60.7 Å². The number of nitrogens with two attached hydrogens (primary N) is 1. The maximum absolute atomic E-state index is 12.2. The van der Waals surface area contributed by atoms with Crippen molar-refractivity contribution in [1.29, 1.82) is 0 Å². The Bertz CT molecular complexity index is 695. The summed E-state index contributed by atoms with van der Waals surface area (Å²) >= 11 is 0. The lowest BCUT2D eigenvalue weighted by molar-refractivity contribution is -0.153. The molecule has 1 saturated heterocycles. The molecule has 0 aliphatic carbocycles. The Hall–Kier alpha value is -1.88. The number of carbonyl (C=O) groups is 1. The van der Waals surface area contributed by atoms with Crippen molar-refractivity contribution < 1.29 is 14.3 Å². The van der Waals surface area contributed by atoms with Gasteiger partial charge in [0, 0.05) is 12.5 Å². The van der Waals surface area contributed by atoms with Gasteiger partial charge >= 0.3 is 5.97 Å². The molecule has 0 radical (unpaired) electrons. The average molecular weight is 390 g/mol. The highest BCUT2D eigenvalue weighted by Gasteiger charge is 2.33. The standard InChI is InChI=1S/C22H27NO3.ClH/c1-16-19(14-17-8-4-2-5-9-17)21(15-18-10-6-3-7-11-18)25-13-12-20(23)22(24)26-16;/h2-11,16,19-21H,12-15,23H2,1H3;1H/t16-,19-,20-,21+;/m0./s1. The van der Waals surface area contributed by atoms with Crippen molar-refractivity contribution in [3.63, 3.8) is 0 Å². The summed E-state index contributed by atoms with van der Waals surface area (Å²) in [7, 11) is 0. The molecule has 0 aromatic heterocycles. The van der Waals surface area contributed by atoms with E-state index in [9.17, 15) is 4.79 Å². The maximum atomic E-state index is 12.2. The van der Waals surface area contributed by atoms with Crippen LogP contribution in [-0.4, -0.2) is 30.8 Å². The van der Waals surface area contributed by atoms with Crippen LogP contribution in [0.5, 0.6) is 0 Å². The molecule has 1 heterocycles. The molecule has 2 aromatic rings. The number of hydrogen-bond acceptors (Lipinski definition) is 4. The van der Waals surface area contributed by atoms with E-state index in [0.29, 0.717) is 13.0 Å². The Morgan fingerprint density at radius 1 is 0.963 bits per heavy atom. The van der Waals surface area contributed by atoms with E-state index in [-0.39, 0.29) is 36.5 Å². The van der Waals surface area contributed by atoms with Gasteiger partial charge in [-0.3, -0.25) is 4.79 Å². The van der Waals surface area contributed by atoms with Gasteiger partial charge in [-0.25, -0.2) is 0 Å². The van der Waals surface area contributed by atoms with E-state index in [4.69, 9.17) is 15.2 Å². The van der Waals surface area contributed by atoms with E-state index >= 15 is 0 Å². The van der Waals surface area contributed by atoms with Crippen molar-refractivity contribution in [3.8, 4) is 0 Å². The molecule has 4 nitrogen and oxygen atoms in total. The molecular formula is C22H28ClNO3. The van der Waals surface area contributed by atoms with Gasteiger partial charge in [-0.05, 0) is 37.3 Å². The fourth-order valence-electron chi connectivity index (χ4n) is 3.49. The third-order valence-electron chi connectivity index (χ3n) is 5.04. The first-order valence-corrected chi connectivity index (χ1v) is 9.29. The number of hydrogen-bond donors (Lipinski definition) is 1. The van der Waals surface area contributed by atoms with Gasteiger partial charge in [-0.15, -0.1) is 12.4 Å². The van der Waals surface area contributed by atoms with Crippen LogP contribution in [0.25, 0.3) is 0 Å². The smallest absolute Gasteiger partial charge is 0.323 e. The van der Waals surface area contributed by atoms with E-state index < -0.39 is 6.04 Å². The molecule has 0 bridgehead atoms. The van der Waals surface area contributed by atoms with E-state index in [1.165, 1.54) is 11.1 Å². The number of benzene rings is 2. The zero-order valence-corrected chi connectivity index (χ0v) is 16.4. The Labute approximate surface area is 167 Å². The van der Waals surface area contributed by atoms with Crippen molar-refractivity contribution in [2.24, 2.45) is 11.7 Å². The third-order valence-corrected chi connectivity index (χ3v) is 5.04. The second kappa shape index (κ2) is 10.5. The van der Waals surface area contributed by atoms with Crippen LogP contribution in [0.1, 0.15) is 24.5 Å². The first-order valence-electron chi connectivity index (χ1n) is 9.29. The van der Waals surface area contributed by atoms with Crippen molar-refractivity contribution in [3.05, 3.63) is 71.8 Å². The molecule has 0 saturated carbocycles. The lowest BCUT2D eigenvalue weighted by Crippen LogP contribution is -2.39. The minimum Gasteiger partial charge on any atom is -0.461 e. The van der Waals surface area contributed by atoms with Gasteiger partial charge in [0.05, 0.1) is 6.10 Å². The Balaban J connectivity index is 0.00000261. The van der Waals surface area contributed by atoms with Gasteiger partial charge in [0.2, 0.25) is 0 Å². The topological polar surface area (TPSA) is 61.5 Å². The highest BCUT2D eigenvalue weighted by atomic mass is 35.5. The van der Waals surface area contributed by atoms with Crippen molar-refractivity contribution in [2.75, 3.05) is 6.61 Å². The summed E-state index contributed by atoms with van der Waals surface area (Å²) in [6.45, 7) is 2.41. The molecular weight excluding hydrogens is 362 g/mol. The normalized spacial score (nSPS) is 26.1. The van der Waals surface area contributed by atoms with Crippen LogP contribution in [0.3, 0.4) is 0 Å². The molecule has 5 heteroatoms. The summed E-state index contributed by atoms with van der Waals surface area (Å²) in [5.41, 5.74) is 8.35. The Morgan fingerprint density at radius 2 is 1.52 bits per heavy atom. The fraction of sp³-hybridized carbons (Fsp3) is 0.409. The summed E-state index contributed by atoms with van der Waals surface area (Å²) < 4.78 is 11.9. The molecule has 2 aromatic carbocycles. The predicted molar refractivity (Wildman–Crippen MR) is 109 cm³/mol. The van der Waals surface area contributed by atoms with Crippen molar-refractivity contribution in [2.45, 2.75) is 44.4 Å². The Morgan fingerprint density at radius 3 is 2.11 bits per heavy atom. The number of esters is 1. The zero-order valence-electron chi connectivity index (χ0n) is 15.6. The number of carbonyl (C=O) groups excluding carboxylic acids is 1. The lowest BCUT2D eigenvalue weighted by atomic mass is 9.86. The quantitative estimate of drug-likeness (QED) is 0.812. The van der Waals surface area contributed by atoms with E-state index in [2.05, 4.69) is 24.3 Å². The molecule has 1 aliphatic rings. The van der Waals surface area contributed by atoms with Crippen LogP contribution < -0.4 is 5.73 Å². The first-order chi connectivity index (χ1) is 12.6. The average Bonchev–Trinajstić information content (AvgIpc) is 2.70. The second-order valence-electron chi connectivity index (χ2n) is 6.99. The number of ether oxygens (including phenoxy) is 2. The molecule has 1 aliphatic heterocycles. The van der Waals surface area contributed by atoms with Gasteiger partial charge in [0.25, 0.3) is 0 Å². The Kier molecular flexibility index (Phi) is 8.29. The molecule has 4 atom stereocenters. The molecule has 1 fully saturated rings. The minimum atomic E-state index is -0.620. The highest BCUT2D eigenvalue weighted by molar-refractivity contribution is 5.85. The van der Waals surface area contributed by atoms with Crippen molar-refractivity contribution >= 4 is 18.4 Å². The second-order valence-corrected chi connectivity index (χ2v) is 6.99. The predicted octanol–water partition coefficient (Wildman–Crippen LogP) is 3.56. The third kappa shape index (κ3) is 6.06. The van der Waals surface area contributed by atoms with Crippen molar-refractivity contribution in [1.82, 2.24) is 0 Å². The largest absolute Gasteiger partial charge is 0.461 e. The molecule has 146 valence electrons. The van der Waals surface area contributed by atoms with Gasteiger partial charge in [0.15, 0.2) is 0 Å². The van der Waals surface area contributed by atoms with Crippen LogP contribution in [-0.2, 0) is 27.1 Å². The number of halogens is 1. The van der Waals surface area contributed by atoms with E-state index in [1.807, 2.05) is 43.3 Å². The lowest BCUT2D eigenvalue weighted by Gasteiger charge is -2.31. The molecule has 0 amide bonds. The van der Waals surface area contributed by atoms with Gasteiger partial charge < -0.3 is 15.2 Å². The maximum Gasteiger partial charge on any atom is 0.323 e. The van der Waals surface area contributed by atoms with Gasteiger partial charge in [0.1, 0.15) is 12.1 Å². The summed E-state index contributed by atoms with van der Waals surface area (Å²) in [6, 6.07) is 20.0. The summed E-state index contributed by atoms with van der Waals surface area (Å²) in [4.78, 5) is 12.2. The van der Waals surface area contributed by atoms with Crippen LogP contribution in [0, 0.1) is 5.92 Å². The number of rotatable bonds is 4. The van der Waals surface area contributed by atoms with Gasteiger partial charge in [-0.2, -0.15) is 0 Å². The van der Waals surface area contributed by atoms with E-state index in [0.717, 1.165) is 12.8 Å². The van der Waals surface area contributed by atoms with E-state index in [1.54, 1.807) is 0 Å². The summed E-state index contributed by atoms with van der Waals surface area (Å²) in [5, 5.41) is 0. The molecule has 3 rings (SSSR count). The molecule has 0 spiro atoms. The monoisotopic (exact) mass is 389 g/mol. The number of cyclic esters (lactones) is 1. The minimum absolute atomic E-state index is 0. The summed E-state index contributed by atoms with van der Waals surface area (Å²) in [6.07, 6.45) is 1.76. The van der Waals surface area contributed by atoms with Crippen LogP contribution in [0.15, 0.2) is 60.7 Å². The summed E-state index contributed by atoms with van der Waals surface area (Å²) in [5.74, 6) is -0.272. The zero-order chi connectivity index (χ0) is 18.4. The highest BCUT2D eigenvalue weighted by Crippen LogP contribution is 2.26. The fourth-order valence-corrected chi connectivity index (χ4v) is 3.49. The molecule has 0 unspecified atom stereocenters. The molecule has 27 heavy (non-hydrogen) atoms. The SMILES string of the molecule is C[C@@H]1OC(=O)[C@@H](N)CCO[C@H](Cc2ccccc2)[C@H]1Cc1ccccc1.Cl. The first kappa shape index (κ1) is 21.4.